The van der Waals surface area contributed by atoms with Crippen molar-refractivity contribution in [3.63, 3.8) is 0 Å². The topological polar surface area (TPSA) is 9.23 Å². The van der Waals surface area contributed by atoms with Gasteiger partial charge < -0.3 is 4.74 Å². The molecule has 4 atom stereocenters. The Morgan fingerprint density at radius 1 is 1.16 bits per heavy atom. The molecule has 3 rings (SSSR count). The van der Waals surface area contributed by atoms with Crippen LogP contribution < -0.4 is 0 Å². The van der Waals surface area contributed by atoms with Crippen molar-refractivity contribution >= 4 is 0 Å². The molecule has 1 heteroatoms. The minimum absolute atomic E-state index is 0.571. The highest BCUT2D eigenvalue weighted by Crippen LogP contribution is 2.42. The third-order valence-electron chi connectivity index (χ3n) is 5.03. The Balaban J connectivity index is 1.56. The fourth-order valence-electron chi connectivity index (χ4n) is 4.01. The van der Waals surface area contributed by atoms with Gasteiger partial charge in [-0.15, -0.1) is 0 Å². The summed E-state index contributed by atoms with van der Waals surface area (Å²) in [7, 11) is 0. The minimum Gasteiger partial charge on any atom is -0.375 e. The van der Waals surface area contributed by atoms with Gasteiger partial charge in [0.05, 0.1) is 12.2 Å². The average Bonchev–Trinajstić information content (AvgIpc) is 3.07. The van der Waals surface area contributed by atoms with E-state index in [0.29, 0.717) is 12.2 Å². The van der Waals surface area contributed by atoms with Gasteiger partial charge in [0.25, 0.3) is 0 Å². The van der Waals surface area contributed by atoms with Crippen molar-refractivity contribution in [3.05, 3.63) is 35.9 Å². The molecule has 1 aromatic rings. The number of benzene rings is 1. The van der Waals surface area contributed by atoms with E-state index in [1.54, 1.807) is 0 Å². The fourth-order valence-corrected chi connectivity index (χ4v) is 4.01. The van der Waals surface area contributed by atoms with Crippen LogP contribution in [0.1, 0.15) is 63.4 Å². The molecule has 0 amide bonds. The fraction of sp³-hybridized carbons (Fsp3) is 0.667. The molecular weight excluding hydrogens is 232 g/mol. The summed E-state index contributed by atoms with van der Waals surface area (Å²) in [6.45, 7) is 2.30. The highest BCUT2D eigenvalue weighted by atomic mass is 16.5. The van der Waals surface area contributed by atoms with Crippen LogP contribution in [-0.4, -0.2) is 12.2 Å². The van der Waals surface area contributed by atoms with Crippen LogP contribution in [0.2, 0.25) is 0 Å². The molecule has 19 heavy (non-hydrogen) atoms. The normalized spacial score (nSPS) is 30.7. The van der Waals surface area contributed by atoms with Crippen molar-refractivity contribution in [2.24, 2.45) is 5.92 Å². The van der Waals surface area contributed by atoms with Gasteiger partial charge in [-0.2, -0.15) is 0 Å². The highest BCUT2D eigenvalue weighted by molar-refractivity contribution is 5.19. The van der Waals surface area contributed by atoms with Crippen molar-refractivity contribution in [1.29, 1.82) is 0 Å². The lowest BCUT2D eigenvalue weighted by Gasteiger charge is -2.25. The van der Waals surface area contributed by atoms with E-state index >= 15 is 0 Å². The third-order valence-corrected chi connectivity index (χ3v) is 5.03. The predicted molar refractivity (Wildman–Crippen MR) is 79.3 cm³/mol. The van der Waals surface area contributed by atoms with Gasteiger partial charge in [0.1, 0.15) is 0 Å². The summed E-state index contributed by atoms with van der Waals surface area (Å²) >= 11 is 0. The number of ether oxygens (including phenoxy) is 1. The summed E-state index contributed by atoms with van der Waals surface area (Å²) in [6.07, 6.45) is 10.4. The average molecular weight is 258 g/mol. The van der Waals surface area contributed by atoms with Crippen LogP contribution in [0, 0.1) is 5.92 Å². The van der Waals surface area contributed by atoms with Crippen LogP contribution >= 0.6 is 0 Å². The Kier molecular flexibility index (Phi) is 4.22. The molecule has 2 fully saturated rings. The van der Waals surface area contributed by atoms with Crippen molar-refractivity contribution in [1.82, 2.24) is 0 Å². The number of hydrogen-bond donors (Lipinski definition) is 0. The molecule has 1 nitrogen and oxygen atoms in total. The van der Waals surface area contributed by atoms with E-state index in [-0.39, 0.29) is 0 Å². The lowest BCUT2D eigenvalue weighted by Crippen LogP contribution is -2.21. The molecule has 0 aromatic heterocycles. The molecule has 1 aromatic carbocycles. The van der Waals surface area contributed by atoms with E-state index in [1.807, 2.05) is 0 Å². The van der Waals surface area contributed by atoms with Crippen LogP contribution in [0.3, 0.4) is 0 Å². The Morgan fingerprint density at radius 3 is 2.63 bits per heavy atom. The number of fused-ring (bicyclic) bond motifs is 2. The third kappa shape index (κ3) is 3.02. The molecule has 1 heterocycles. The van der Waals surface area contributed by atoms with Gasteiger partial charge >= 0.3 is 0 Å². The van der Waals surface area contributed by atoms with E-state index < -0.39 is 0 Å². The first-order valence-electron chi connectivity index (χ1n) is 8.07. The van der Waals surface area contributed by atoms with Crippen molar-refractivity contribution < 1.29 is 4.74 Å². The Hall–Kier alpha value is -0.820. The predicted octanol–water partition coefficient (Wildman–Crippen LogP) is 4.92. The first kappa shape index (κ1) is 13.2. The van der Waals surface area contributed by atoms with E-state index in [4.69, 9.17) is 4.74 Å². The zero-order valence-electron chi connectivity index (χ0n) is 12.1. The summed E-state index contributed by atoms with van der Waals surface area (Å²) in [6, 6.07) is 11.0. The van der Waals surface area contributed by atoms with E-state index in [9.17, 15) is 0 Å². The van der Waals surface area contributed by atoms with Gasteiger partial charge in [0, 0.05) is 0 Å². The quantitative estimate of drug-likeness (QED) is 0.704. The molecular formula is C18H26O. The van der Waals surface area contributed by atoms with Crippen molar-refractivity contribution in [2.75, 3.05) is 0 Å². The standard InChI is InChI=1S/C18H26O/c1-2-6-14(15-7-4-3-5-8-15)10-12-18-16-9-11-17(13-16)19-18/h3-5,7-8,14,16-18H,2,6,9-13H2,1H3. The zero-order chi connectivity index (χ0) is 13.1. The number of hydrogen-bond acceptors (Lipinski definition) is 1. The summed E-state index contributed by atoms with van der Waals surface area (Å²) < 4.78 is 6.12. The van der Waals surface area contributed by atoms with Crippen LogP contribution in [0.15, 0.2) is 30.3 Å². The summed E-state index contributed by atoms with van der Waals surface area (Å²) in [5, 5.41) is 0. The second-order valence-corrected chi connectivity index (χ2v) is 6.34. The summed E-state index contributed by atoms with van der Waals surface area (Å²) in [4.78, 5) is 0. The smallest absolute Gasteiger partial charge is 0.0608 e. The SMILES string of the molecule is CCCC(CCC1OC2CCC1C2)c1ccccc1. The Morgan fingerprint density at radius 2 is 2.00 bits per heavy atom. The minimum atomic E-state index is 0.571. The molecule has 1 aliphatic heterocycles. The maximum atomic E-state index is 6.12. The molecule has 0 N–H and O–H groups in total. The van der Waals surface area contributed by atoms with E-state index in [1.165, 1.54) is 50.5 Å². The van der Waals surface area contributed by atoms with Gasteiger partial charge in [-0.1, -0.05) is 43.7 Å². The highest BCUT2D eigenvalue weighted by Gasteiger charge is 2.40. The molecule has 1 saturated heterocycles. The second-order valence-electron chi connectivity index (χ2n) is 6.34. The number of rotatable bonds is 6. The maximum absolute atomic E-state index is 6.12. The first-order valence-corrected chi connectivity index (χ1v) is 8.07. The van der Waals surface area contributed by atoms with Gasteiger partial charge in [-0.05, 0) is 55.9 Å². The molecule has 0 radical (unpaired) electrons. The Labute approximate surface area is 117 Å². The first-order chi connectivity index (χ1) is 9.36. The van der Waals surface area contributed by atoms with Gasteiger partial charge in [-0.3, -0.25) is 0 Å². The molecule has 1 aliphatic carbocycles. The van der Waals surface area contributed by atoms with Crippen LogP contribution in [-0.2, 0) is 4.74 Å². The lowest BCUT2D eigenvalue weighted by molar-refractivity contribution is -0.00240. The molecule has 2 bridgehead atoms. The monoisotopic (exact) mass is 258 g/mol. The van der Waals surface area contributed by atoms with E-state index in [2.05, 4.69) is 37.3 Å². The van der Waals surface area contributed by atoms with Crippen LogP contribution in [0.5, 0.6) is 0 Å². The molecule has 1 saturated carbocycles. The van der Waals surface area contributed by atoms with Crippen molar-refractivity contribution in [2.45, 2.75) is 70.0 Å². The van der Waals surface area contributed by atoms with E-state index in [0.717, 1.165) is 11.8 Å². The maximum Gasteiger partial charge on any atom is 0.0608 e. The van der Waals surface area contributed by atoms with Crippen molar-refractivity contribution in [3.8, 4) is 0 Å². The second kappa shape index (κ2) is 6.09. The van der Waals surface area contributed by atoms with Crippen LogP contribution in [0.25, 0.3) is 0 Å². The molecule has 104 valence electrons. The van der Waals surface area contributed by atoms with Gasteiger partial charge in [0.15, 0.2) is 0 Å². The summed E-state index contributed by atoms with van der Waals surface area (Å²) in [5.41, 5.74) is 1.52. The van der Waals surface area contributed by atoms with Gasteiger partial charge in [-0.25, -0.2) is 0 Å². The largest absolute Gasteiger partial charge is 0.375 e. The zero-order valence-corrected chi connectivity index (χ0v) is 12.1. The molecule has 4 unspecified atom stereocenters. The lowest BCUT2D eigenvalue weighted by atomic mass is 9.87. The molecule has 0 spiro atoms. The summed E-state index contributed by atoms with van der Waals surface area (Å²) in [5.74, 6) is 1.61. The molecule has 2 aliphatic rings. The van der Waals surface area contributed by atoms with Crippen LogP contribution in [0.4, 0.5) is 0 Å². The van der Waals surface area contributed by atoms with Gasteiger partial charge in [0.2, 0.25) is 0 Å². The Bertz CT molecular complexity index is 386.